The summed E-state index contributed by atoms with van der Waals surface area (Å²) in [5, 5.41) is 0. The molecule has 0 radical (unpaired) electrons. The number of nitrogen functional groups attached to an aromatic ring is 1. The molecule has 0 amide bonds. The van der Waals surface area contributed by atoms with E-state index in [9.17, 15) is 0 Å². The van der Waals surface area contributed by atoms with Crippen molar-refractivity contribution in [2.45, 2.75) is 13.8 Å². The molecule has 2 rings (SSSR count). The van der Waals surface area contributed by atoms with Crippen molar-refractivity contribution in [2.75, 3.05) is 5.73 Å². The predicted octanol–water partition coefficient (Wildman–Crippen LogP) is 1.13. The van der Waals surface area contributed by atoms with E-state index in [2.05, 4.69) is 19.9 Å². The van der Waals surface area contributed by atoms with Crippen molar-refractivity contribution in [3.05, 3.63) is 29.7 Å². The van der Waals surface area contributed by atoms with Crippen molar-refractivity contribution >= 4 is 5.95 Å². The third kappa shape index (κ3) is 1.90. The summed E-state index contributed by atoms with van der Waals surface area (Å²) in [6, 6.07) is 3.83. The van der Waals surface area contributed by atoms with Gasteiger partial charge in [0, 0.05) is 6.20 Å². The average Bonchev–Trinajstić information content (AvgIpc) is 2.16. The van der Waals surface area contributed by atoms with Crippen LogP contribution in [0.4, 0.5) is 5.95 Å². The zero-order valence-corrected chi connectivity index (χ0v) is 8.60. The molecule has 0 bridgehead atoms. The number of hydrogen-bond donors (Lipinski definition) is 1. The van der Waals surface area contributed by atoms with Crippen LogP contribution in [0.5, 0.6) is 0 Å². The van der Waals surface area contributed by atoms with Crippen molar-refractivity contribution in [1.82, 2.24) is 19.9 Å². The van der Waals surface area contributed by atoms with Crippen LogP contribution in [0.15, 0.2) is 18.3 Å². The second kappa shape index (κ2) is 3.61. The molecule has 0 saturated carbocycles. The van der Waals surface area contributed by atoms with Gasteiger partial charge in [-0.2, -0.15) is 9.97 Å². The SMILES string of the molecule is Cc1nc(N)nc(-c2ncccc2C)n1. The Kier molecular flexibility index (Phi) is 2.29. The van der Waals surface area contributed by atoms with Gasteiger partial charge in [-0.3, -0.25) is 4.98 Å². The number of aryl methyl sites for hydroxylation is 2. The third-order valence-corrected chi connectivity index (χ3v) is 1.99. The molecule has 0 aliphatic heterocycles. The van der Waals surface area contributed by atoms with Crippen LogP contribution in [0.3, 0.4) is 0 Å². The molecule has 0 aliphatic carbocycles. The van der Waals surface area contributed by atoms with Crippen molar-refractivity contribution in [1.29, 1.82) is 0 Å². The fraction of sp³-hybridized carbons (Fsp3) is 0.200. The molecule has 0 saturated heterocycles. The molecule has 0 aliphatic rings. The van der Waals surface area contributed by atoms with E-state index in [-0.39, 0.29) is 5.95 Å². The van der Waals surface area contributed by atoms with E-state index in [4.69, 9.17) is 5.73 Å². The Labute approximate surface area is 87.4 Å². The quantitative estimate of drug-likeness (QED) is 0.748. The zero-order valence-electron chi connectivity index (χ0n) is 8.60. The fourth-order valence-corrected chi connectivity index (χ4v) is 1.33. The third-order valence-electron chi connectivity index (χ3n) is 1.99. The summed E-state index contributed by atoms with van der Waals surface area (Å²) >= 11 is 0. The number of aromatic nitrogens is 4. The van der Waals surface area contributed by atoms with E-state index >= 15 is 0 Å². The van der Waals surface area contributed by atoms with Gasteiger partial charge >= 0.3 is 0 Å². The summed E-state index contributed by atoms with van der Waals surface area (Å²) < 4.78 is 0. The van der Waals surface area contributed by atoms with E-state index in [0.29, 0.717) is 11.6 Å². The van der Waals surface area contributed by atoms with Crippen LogP contribution >= 0.6 is 0 Å². The number of rotatable bonds is 1. The van der Waals surface area contributed by atoms with E-state index in [1.165, 1.54) is 0 Å². The summed E-state index contributed by atoms with van der Waals surface area (Å²) in [5.41, 5.74) is 7.32. The molecule has 0 spiro atoms. The normalized spacial score (nSPS) is 10.3. The summed E-state index contributed by atoms with van der Waals surface area (Å²) in [7, 11) is 0. The molecular formula is C10H11N5. The summed E-state index contributed by atoms with van der Waals surface area (Å²) in [4.78, 5) is 16.4. The zero-order chi connectivity index (χ0) is 10.8. The van der Waals surface area contributed by atoms with Crippen LogP contribution in [0.2, 0.25) is 0 Å². The lowest BCUT2D eigenvalue weighted by molar-refractivity contribution is 0.985. The van der Waals surface area contributed by atoms with Crippen molar-refractivity contribution < 1.29 is 0 Å². The maximum Gasteiger partial charge on any atom is 0.223 e. The Balaban J connectivity index is 2.59. The first-order valence-corrected chi connectivity index (χ1v) is 4.57. The van der Waals surface area contributed by atoms with E-state index < -0.39 is 0 Å². The van der Waals surface area contributed by atoms with Gasteiger partial charge in [-0.1, -0.05) is 6.07 Å². The Hall–Kier alpha value is -2.04. The van der Waals surface area contributed by atoms with E-state index in [1.54, 1.807) is 13.1 Å². The van der Waals surface area contributed by atoms with Crippen molar-refractivity contribution in [3.8, 4) is 11.5 Å². The minimum Gasteiger partial charge on any atom is -0.368 e. The van der Waals surface area contributed by atoms with Gasteiger partial charge in [-0.15, -0.1) is 0 Å². The number of nitrogens with two attached hydrogens (primary N) is 1. The Morgan fingerprint density at radius 1 is 1.13 bits per heavy atom. The molecule has 15 heavy (non-hydrogen) atoms. The highest BCUT2D eigenvalue weighted by Gasteiger charge is 2.07. The predicted molar refractivity (Wildman–Crippen MR) is 56.9 cm³/mol. The number of hydrogen-bond acceptors (Lipinski definition) is 5. The Morgan fingerprint density at radius 2 is 1.93 bits per heavy atom. The largest absolute Gasteiger partial charge is 0.368 e. The first-order valence-electron chi connectivity index (χ1n) is 4.57. The van der Waals surface area contributed by atoms with Crippen LogP contribution in [0.25, 0.3) is 11.5 Å². The van der Waals surface area contributed by atoms with Crippen LogP contribution in [0, 0.1) is 13.8 Å². The summed E-state index contributed by atoms with van der Waals surface area (Å²) in [5.74, 6) is 1.35. The molecule has 2 aromatic rings. The lowest BCUT2D eigenvalue weighted by atomic mass is 10.2. The smallest absolute Gasteiger partial charge is 0.223 e. The maximum absolute atomic E-state index is 5.56. The standard InChI is InChI=1S/C10H11N5/c1-6-4-3-5-12-8(6)9-13-7(2)14-10(11)15-9/h3-5H,1-2H3,(H2,11,13,14,15). The Bertz CT molecular complexity index is 475. The Morgan fingerprint density at radius 3 is 2.60 bits per heavy atom. The molecule has 0 aromatic carbocycles. The lowest BCUT2D eigenvalue weighted by Gasteiger charge is -2.03. The summed E-state index contributed by atoms with van der Waals surface area (Å²) in [6.45, 7) is 3.73. The average molecular weight is 201 g/mol. The molecule has 0 fully saturated rings. The monoisotopic (exact) mass is 201 g/mol. The highest BCUT2D eigenvalue weighted by atomic mass is 15.1. The topological polar surface area (TPSA) is 77.6 Å². The molecule has 2 aromatic heterocycles. The van der Waals surface area contributed by atoms with Gasteiger partial charge < -0.3 is 5.73 Å². The molecular weight excluding hydrogens is 190 g/mol. The van der Waals surface area contributed by atoms with Gasteiger partial charge in [-0.25, -0.2) is 4.98 Å². The van der Waals surface area contributed by atoms with Crippen molar-refractivity contribution in [3.63, 3.8) is 0 Å². The minimum absolute atomic E-state index is 0.225. The number of pyridine rings is 1. The van der Waals surface area contributed by atoms with Gasteiger partial charge in [0.15, 0.2) is 5.82 Å². The van der Waals surface area contributed by atoms with Crippen LogP contribution in [-0.2, 0) is 0 Å². The molecule has 5 nitrogen and oxygen atoms in total. The van der Waals surface area contributed by atoms with E-state index in [1.807, 2.05) is 19.1 Å². The summed E-state index contributed by atoms with van der Waals surface area (Å²) in [6.07, 6.45) is 1.71. The molecule has 0 atom stereocenters. The molecule has 2 N–H and O–H groups in total. The number of anilines is 1. The second-order valence-corrected chi connectivity index (χ2v) is 3.23. The van der Waals surface area contributed by atoms with Gasteiger partial charge in [0.1, 0.15) is 11.5 Å². The highest BCUT2D eigenvalue weighted by molar-refractivity contribution is 5.54. The van der Waals surface area contributed by atoms with E-state index in [0.717, 1.165) is 11.3 Å². The van der Waals surface area contributed by atoms with Crippen molar-refractivity contribution in [2.24, 2.45) is 0 Å². The highest BCUT2D eigenvalue weighted by Crippen LogP contribution is 2.16. The maximum atomic E-state index is 5.56. The fourth-order valence-electron chi connectivity index (χ4n) is 1.33. The lowest BCUT2D eigenvalue weighted by Crippen LogP contribution is -2.03. The minimum atomic E-state index is 0.225. The molecule has 0 unspecified atom stereocenters. The molecule has 5 heteroatoms. The first kappa shape index (κ1) is 9.51. The second-order valence-electron chi connectivity index (χ2n) is 3.23. The van der Waals surface area contributed by atoms with Crippen LogP contribution in [-0.4, -0.2) is 19.9 Å². The molecule has 76 valence electrons. The van der Waals surface area contributed by atoms with Crippen LogP contribution < -0.4 is 5.73 Å². The molecule has 2 heterocycles. The van der Waals surface area contributed by atoms with Crippen LogP contribution in [0.1, 0.15) is 11.4 Å². The first-order chi connectivity index (χ1) is 7.16. The van der Waals surface area contributed by atoms with Gasteiger partial charge in [-0.05, 0) is 25.5 Å². The van der Waals surface area contributed by atoms with Gasteiger partial charge in [0.05, 0.1) is 0 Å². The number of nitrogens with zero attached hydrogens (tertiary/aromatic N) is 4. The van der Waals surface area contributed by atoms with Gasteiger partial charge in [0.25, 0.3) is 0 Å². The van der Waals surface area contributed by atoms with Gasteiger partial charge in [0.2, 0.25) is 5.95 Å².